The summed E-state index contributed by atoms with van der Waals surface area (Å²) in [6.45, 7) is 9.31. The number of pyridine rings is 1. The van der Waals surface area contributed by atoms with Crippen LogP contribution in [0.25, 0.3) is 11.1 Å². The second kappa shape index (κ2) is 15.3. The minimum atomic E-state index is -0.340. The second-order valence-corrected chi connectivity index (χ2v) is 17.4. The number of carbonyl (C=O) groups is 1. The lowest BCUT2D eigenvalue weighted by Gasteiger charge is -2.40. The number of nitrogens with zero attached hydrogens (tertiary/aromatic N) is 2. The molecule has 0 aliphatic heterocycles. The molecule has 0 spiro atoms. The summed E-state index contributed by atoms with van der Waals surface area (Å²) in [5.41, 5.74) is 6.34. The Morgan fingerprint density at radius 2 is 1.64 bits per heavy atom. The zero-order chi connectivity index (χ0) is 32.5. The highest BCUT2D eigenvalue weighted by molar-refractivity contribution is 8.33. The van der Waals surface area contributed by atoms with Crippen LogP contribution in [0.4, 0.5) is 0 Å². The molecule has 0 radical (unpaired) electrons. The second-order valence-electron chi connectivity index (χ2n) is 12.1. The van der Waals surface area contributed by atoms with Crippen LogP contribution in [0.5, 0.6) is 11.5 Å². The summed E-state index contributed by atoms with van der Waals surface area (Å²) in [5.74, 6) is 0.700. The molecule has 4 aromatic rings. The minimum absolute atomic E-state index is 0.0182. The molecule has 8 heteroatoms. The van der Waals surface area contributed by atoms with Gasteiger partial charge in [-0.3, -0.25) is 9.78 Å². The number of hydrogen-bond donors (Lipinski definition) is 1. The number of aldehydes is 1. The lowest BCUT2D eigenvalue weighted by atomic mass is 9.95. The van der Waals surface area contributed by atoms with Crippen molar-refractivity contribution in [3.05, 3.63) is 111 Å². The van der Waals surface area contributed by atoms with Crippen molar-refractivity contribution in [2.45, 2.75) is 52.3 Å². The Balaban J connectivity index is 0.000000583. The van der Waals surface area contributed by atoms with Crippen molar-refractivity contribution in [2.75, 3.05) is 18.8 Å². The van der Waals surface area contributed by atoms with Gasteiger partial charge in [0.1, 0.15) is 30.8 Å². The summed E-state index contributed by atoms with van der Waals surface area (Å²) in [5, 5.41) is 18.8. The molecular formula is C36H41ClN2O4S. The zero-order valence-electron chi connectivity index (χ0n) is 26.5. The van der Waals surface area contributed by atoms with Gasteiger partial charge in [-0.2, -0.15) is 5.26 Å². The lowest BCUT2D eigenvalue weighted by molar-refractivity contribution is 0.111. The van der Waals surface area contributed by atoms with Gasteiger partial charge in [0.15, 0.2) is 6.29 Å². The number of halogens is 1. The van der Waals surface area contributed by atoms with Gasteiger partial charge in [-0.05, 0) is 76.5 Å². The molecule has 0 aliphatic carbocycles. The summed E-state index contributed by atoms with van der Waals surface area (Å²) in [7, 11) is -0.340. The molecule has 0 saturated carbocycles. The van der Waals surface area contributed by atoms with Crippen LogP contribution >= 0.6 is 21.6 Å². The molecule has 4 rings (SSSR count). The Morgan fingerprint density at radius 1 is 0.955 bits per heavy atom. The van der Waals surface area contributed by atoms with Gasteiger partial charge in [0.05, 0.1) is 22.8 Å². The summed E-state index contributed by atoms with van der Waals surface area (Å²) in [4.78, 5) is 15.6. The van der Waals surface area contributed by atoms with E-state index in [1.807, 2.05) is 55.5 Å². The third-order valence-corrected chi connectivity index (χ3v) is 11.6. The monoisotopic (exact) mass is 632 g/mol. The smallest absolute Gasteiger partial charge is 0.153 e. The highest BCUT2D eigenvalue weighted by Crippen LogP contribution is 2.48. The topological polar surface area (TPSA) is 92.4 Å². The van der Waals surface area contributed by atoms with E-state index in [-0.39, 0.29) is 29.8 Å². The van der Waals surface area contributed by atoms with E-state index < -0.39 is 0 Å². The first-order valence-electron chi connectivity index (χ1n) is 14.1. The summed E-state index contributed by atoms with van der Waals surface area (Å²) < 4.78 is 12.4. The number of aromatic nitrogens is 1. The van der Waals surface area contributed by atoms with Gasteiger partial charge in [-0.25, -0.2) is 10.0 Å². The van der Waals surface area contributed by atoms with Gasteiger partial charge in [-0.15, -0.1) is 0 Å². The van der Waals surface area contributed by atoms with Crippen molar-refractivity contribution >= 4 is 27.9 Å². The molecule has 0 amide bonds. The molecule has 0 saturated heterocycles. The van der Waals surface area contributed by atoms with E-state index in [9.17, 15) is 9.90 Å². The van der Waals surface area contributed by atoms with E-state index >= 15 is 0 Å². The van der Waals surface area contributed by atoms with E-state index in [0.29, 0.717) is 44.2 Å². The average molecular weight is 633 g/mol. The Morgan fingerprint density at radius 3 is 2.27 bits per heavy atom. The number of benzene rings is 3. The highest BCUT2D eigenvalue weighted by Gasteiger charge is 2.22. The SMILES string of the molecule is CC(C)(C)S(C)(C)C.Cc1c(COc2cc(OCc3cncc(C#N)c3)c(C=O)cc2Cl)cccc1-c1cccc(CO)c1. The van der Waals surface area contributed by atoms with E-state index in [1.54, 1.807) is 18.3 Å². The largest absolute Gasteiger partial charge is 0.488 e. The Labute approximate surface area is 268 Å². The molecule has 0 fully saturated rings. The molecule has 1 aromatic heterocycles. The van der Waals surface area contributed by atoms with Crippen LogP contribution in [-0.2, 0) is 19.8 Å². The number of rotatable bonds is 9. The third kappa shape index (κ3) is 9.33. The van der Waals surface area contributed by atoms with Crippen molar-refractivity contribution in [1.82, 2.24) is 4.98 Å². The maximum absolute atomic E-state index is 11.6. The van der Waals surface area contributed by atoms with Crippen LogP contribution in [0, 0.1) is 18.3 Å². The van der Waals surface area contributed by atoms with Crippen LogP contribution in [0.1, 0.15) is 58.9 Å². The van der Waals surface area contributed by atoms with Gasteiger partial charge in [-0.1, -0.05) is 68.8 Å². The number of ether oxygens (including phenoxy) is 2. The third-order valence-electron chi connectivity index (χ3n) is 7.60. The Hall–Kier alpha value is -3.83. The standard InChI is InChI=1S/C29H23ClN2O4.C7H18S/c1-19-24(6-3-7-26(19)23-5-2-4-20(9-23)15-33)18-36-29-11-28(25(16-34)10-27(29)30)35-17-22-8-21(12-31)13-32-14-22;1-7(2,3)8(4,5)6/h2-11,13-14,16,33H,15,17-18H2,1H3;1-6H3. The van der Waals surface area contributed by atoms with Crippen molar-refractivity contribution in [1.29, 1.82) is 5.26 Å². The summed E-state index contributed by atoms with van der Waals surface area (Å²) in [6, 6.07) is 20.6. The van der Waals surface area contributed by atoms with Gasteiger partial charge in [0.25, 0.3) is 0 Å². The molecule has 232 valence electrons. The minimum Gasteiger partial charge on any atom is -0.488 e. The lowest BCUT2D eigenvalue weighted by Crippen LogP contribution is -2.21. The van der Waals surface area contributed by atoms with Crippen LogP contribution in [0.2, 0.25) is 5.02 Å². The maximum atomic E-state index is 11.6. The first kappa shape index (κ1) is 34.7. The molecule has 0 bridgehead atoms. The molecule has 0 aliphatic rings. The van der Waals surface area contributed by atoms with Crippen molar-refractivity contribution in [3.63, 3.8) is 0 Å². The zero-order valence-corrected chi connectivity index (χ0v) is 28.1. The van der Waals surface area contributed by atoms with E-state index in [2.05, 4.69) is 44.5 Å². The number of hydrogen-bond acceptors (Lipinski definition) is 6. The molecule has 1 N–H and O–H groups in total. The fourth-order valence-electron chi connectivity index (χ4n) is 3.81. The molecule has 6 nitrogen and oxygen atoms in total. The molecule has 1 heterocycles. The summed E-state index contributed by atoms with van der Waals surface area (Å²) in [6.07, 6.45) is 10.8. The van der Waals surface area contributed by atoms with Gasteiger partial charge in [0.2, 0.25) is 0 Å². The normalized spacial score (nSPS) is 11.5. The first-order valence-corrected chi connectivity index (χ1v) is 17.4. The number of nitriles is 1. The van der Waals surface area contributed by atoms with Gasteiger partial charge in [0, 0.05) is 24.0 Å². The van der Waals surface area contributed by atoms with Crippen molar-refractivity contribution in [2.24, 2.45) is 0 Å². The van der Waals surface area contributed by atoms with Crippen LogP contribution < -0.4 is 9.47 Å². The Kier molecular flexibility index (Phi) is 12.0. The van der Waals surface area contributed by atoms with Crippen LogP contribution in [0.15, 0.2) is 73.1 Å². The summed E-state index contributed by atoms with van der Waals surface area (Å²) >= 11 is 6.39. The molecule has 0 unspecified atom stereocenters. The van der Waals surface area contributed by atoms with Crippen molar-refractivity contribution in [3.8, 4) is 28.7 Å². The fourth-order valence-corrected chi connectivity index (χ4v) is 4.04. The predicted octanol–water partition coefficient (Wildman–Crippen LogP) is 8.52. The van der Waals surface area contributed by atoms with E-state index in [4.69, 9.17) is 26.3 Å². The Bertz CT molecular complexity index is 1620. The predicted molar refractivity (Wildman–Crippen MR) is 182 cm³/mol. The van der Waals surface area contributed by atoms with Gasteiger partial charge < -0.3 is 14.6 Å². The van der Waals surface area contributed by atoms with Crippen LogP contribution in [0.3, 0.4) is 0 Å². The van der Waals surface area contributed by atoms with Crippen molar-refractivity contribution < 1.29 is 19.4 Å². The quantitative estimate of drug-likeness (QED) is 0.186. The molecule has 0 atom stereocenters. The number of carbonyl (C=O) groups excluding carboxylic acids is 1. The molecule has 3 aromatic carbocycles. The first-order chi connectivity index (χ1) is 20.8. The number of aliphatic hydroxyl groups excluding tert-OH is 1. The van der Waals surface area contributed by atoms with Crippen LogP contribution in [-0.4, -0.2) is 39.9 Å². The van der Waals surface area contributed by atoms with E-state index in [0.717, 1.165) is 27.8 Å². The average Bonchev–Trinajstić information content (AvgIpc) is 2.99. The van der Waals surface area contributed by atoms with E-state index in [1.165, 1.54) is 12.3 Å². The highest BCUT2D eigenvalue weighted by atomic mass is 35.5. The molecular weight excluding hydrogens is 592 g/mol. The fraction of sp³-hybridized carbons (Fsp3) is 0.306. The van der Waals surface area contributed by atoms with Gasteiger partial charge >= 0.3 is 0 Å². The number of aliphatic hydroxyl groups is 1. The maximum Gasteiger partial charge on any atom is 0.153 e. The molecule has 44 heavy (non-hydrogen) atoms.